The first-order chi connectivity index (χ1) is 16.1. The van der Waals surface area contributed by atoms with Crippen LogP contribution in [-0.4, -0.2) is 34.1 Å². The number of hydrogen-bond acceptors (Lipinski definition) is 4. The molecule has 0 bridgehead atoms. The van der Waals surface area contributed by atoms with Gasteiger partial charge in [-0.3, -0.25) is 14.8 Å². The van der Waals surface area contributed by atoms with Gasteiger partial charge < -0.3 is 10.6 Å². The second-order valence-electron chi connectivity index (χ2n) is 7.99. The van der Waals surface area contributed by atoms with Crippen molar-refractivity contribution in [1.82, 2.24) is 15.1 Å². The molecule has 1 amide bonds. The molecule has 2 aromatic carbocycles. The fourth-order valence-electron chi connectivity index (χ4n) is 4.05. The van der Waals surface area contributed by atoms with E-state index in [9.17, 15) is 4.79 Å². The normalized spacial score (nSPS) is 14.3. The number of amides is 1. The topological polar surface area (TPSA) is 73.0 Å². The molecule has 170 valence electrons. The lowest BCUT2D eigenvalue weighted by molar-refractivity contribution is 0.102. The highest BCUT2D eigenvalue weighted by Gasteiger charge is 2.20. The molecule has 33 heavy (non-hydrogen) atoms. The summed E-state index contributed by atoms with van der Waals surface area (Å²) in [5, 5.41) is 13.2. The average Bonchev–Trinajstić information content (AvgIpc) is 3.51. The van der Waals surface area contributed by atoms with E-state index in [2.05, 4.69) is 32.3 Å². The molecule has 6 nitrogen and oxygen atoms in total. The maximum absolute atomic E-state index is 15.2. The third kappa shape index (κ3) is 5.04. The lowest BCUT2D eigenvalue weighted by Crippen LogP contribution is -2.21. The van der Waals surface area contributed by atoms with Crippen LogP contribution in [0.25, 0.3) is 11.8 Å². The van der Waals surface area contributed by atoms with E-state index >= 15 is 4.39 Å². The average molecular weight is 446 g/mol. The summed E-state index contributed by atoms with van der Waals surface area (Å²) in [6.07, 6.45) is 7.42. The number of nitrogens with one attached hydrogen (secondary N) is 3. The summed E-state index contributed by atoms with van der Waals surface area (Å²) in [4.78, 5) is 15.2. The Kier molecular flexibility index (Phi) is 7.00. The van der Waals surface area contributed by atoms with Crippen LogP contribution in [0.5, 0.6) is 0 Å². The number of aromatic amines is 1. The number of para-hydroxylation sites is 1. The summed E-state index contributed by atoms with van der Waals surface area (Å²) in [5.41, 5.74) is 4.14. The molecule has 0 atom stereocenters. The summed E-state index contributed by atoms with van der Waals surface area (Å²) >= 11 is 0. The summed E-state index contributed by atoms with van der Waals surface area (Å²) in [6, 6.07) is 12.7. The number of nitrogens with zero attached hydrogens (tertiary/aromatic N) is 2. The van der Waals surface area contributed by atoms with Gasteiger partial charge in [0.05, 0.1) is 23.1 Å². The van der Waals surface area contributed by atoms with Crippen LogP contribution in [-0.2, 0) is 6.54 Å². The van der Waals surface area contributed by atoms with Crippen LogP contribution in [0.2, 0.25) is 0 Å². The van der Waals surface area contributed by atoms with Gasteiger partial charge in [0.15, 0.2) is 0 Å². The molecule has 3 N–H and O–H groups in total. The molecule has 0 spiro atoms. The summed E-state index contributed by atoms with van der Waals surface area (Å²) in [5.74, 6) is -0.989. The van der Waals surface area contributed by atoms with E-state index in [1.54, 1.807) is 18.2 Å². The molecule has 0 unspecified atom stereocenters. The number of rotatable bonds is 8. The van der Waals surface area contributed by atoms with E-state index in [1.807, 2.05) is 37.3 Å². The Morgan fingerprint density at radius 3 is 2.70 bits per heavy atom. The molecule has 0 aliphatic carbocycles. The number of carbonyl (C=O) groups excluding carboxylic acids is 1. The van der Waals surface area contributed by atoms with Gasteiger partial charge in [0.25, 0.3) is 5.91 Å². The Labute approximate surface area is 193 Å². The van der Waals surface area contributed by atoms with Crippen molar-refractivity contribution in [3.63, 3.8) is 0 Å². The zero-order valence-corrected chi connectivity index (χ0v) is 18.7. The number of allylic oxidation sites excluding steroid dienone is 1. The fraction of sp³-hybridized carbons (Fsp3) is 0.231. The minimum Gasteiger partial charge on any atom is -0.353 e. The number of anilines is 2. The van der Waals surface area contributed by atoms with Crippen molar-refractivity contribution in [2.45, 2.75) is 26.3 Å². The molecule has 3 aromatic rings. The molecule has 1 aliphatic heterocycles. The zero-order chi connectivity index (χ0) is 23.2. The third-order valence-electron chi connectivity index (χ3n) is 5.81. The monoisotopic (exact) mass is 445 g/mol. The number of H-pyrrole nitrogens is 1. The summed E-state index contributed by atoms with van der Waals surface area (Å²) in [6.45, 7) is 8.17. The molecule has 2 heterocycles. The lowest BCUT2D eigenvalue weighted by Gasteiger charge is -2.16. The van der Waals surface area contributed by atoms with Crippen LogP contribution in [0.15, 0.2) is 61.3 Å². The van der Waals surface area contributed by atoms with Crippen molar-refractivity contribution >= 4 is 29.1 Å². The van der Waals surface area contributed by atoms with E-state index in [4.69, 9.17) is 0 Å². The highest BCUT2D eigenvalue weighted by atomic mass is 19.1. The highest BCUT2D eigenvalue weighted by Crippen LogP contribution is 2.27. The number of benzene rings is 2. The van der Waals surface area contributed by atoms with Crippen LogP contribution >= 0.6 is 0 Å². The standard InChI is InChI=1S/C26H28FN5O/c1-3-18-10-5-6-13-22(18)29-21(4-2)25-23(16-28-31-25)30-26(33)20-12-9-11-19(24(20)27)17-32-14-7-8-15-32/h3-6,9-13,16,29H,1,7-8,14-15,17H2,2H3,(H,28,31)(H,30,33)/b21-4+. The van der Waals surface area contributed by atoms with E-state index in [-0.39, 0.29) is 5.56 Å². The Morgan fingerprint density at radius 2 is 1.94 bits per heavy atom. The molecule has 7 heteroatoms. The zero-order valence-electron chi connectivity index (χ0n) is 18.7. The molecule has 1 fully saturated rings. The molecule has 4 rings (SSSR count). The van der Waals surface area contributed by atoms with Crippen molar-refractivity contribution in [3.8, 4) is 0 Å². The van der Waals surface area contributed by atoms with Gasteiger partial charge in [-0.2, -0.15) is 5.10 Å². The minimum atomic E-state index is -0.514. The maximum atomic E-state index is 15.2. The molecule has 1 saturated heterocycles. The molecule has 1 aromatic heterocycles. The van der Waals surface area contributed by atoms with Crippen molar-refractivity contribution in [2.24, 2.45) is 0 Å². The predicted molar refractivity (Wildman–Crippen MR) is 131 cm³/mol. The molecule has 1 aliphatic rings. The van der Waals surface area contributed by atoms with Crippen LogP contribution in [0.3, 0.4) is 0 Å². The molecule has 0 saturated carbocycles. The lowest BCUT2D eigenvalue weighted by atomic mass is 10.1. The number of halogens is 1. The second kappa shape index (κ2) is 10.3. The quantitative estimate of drug-likeness (QED) is 0.427. The Hall–Kier alpha value is -3.71. The van der Waals surface area contributed by atoms with E-state index in [0.29, 0.717) is 23.5 Å². The van der Waals surface area contributed by atoms with E-state index in [1.165, 1.54) is 12.3 Å². The van der Waals surface area contributed by atoms with Crippen LogP contribution in [0.4, 0.5) is 15.8 Å². The van der Waals surface area contributed by atoms with Gasteiger partial charge in [-0.1, -0.05) is 49.1 Å². The molecule has 0 radical (unpaired) electrons. The molecular weight excluding hydrogens is 417 g/mol. The van der Waals surface area contributed by atoms with Gasteiger partial charge in [0.2, 0.25) is 0 Å². The van der Waals surface area contributed by atoms with Gasteiger partial charge in [0, 0.05) is 17.8 Å². The summed E-state index contributed by atoms with van der Waals surface area (Å²) in [7, 11) is 0. The summed E-state index contributed by atoms with van der Waals surface area (Å²) < 4.78 is 15.2. The van der Waals surface area contributed by atoms with Gasteiger partial charge in [-0.05, 0) is 50.6 Å². The number of aromatic nitrogens is 2. The minimum absolute atomic E-state index is 0.0193. The largest absolute Gasteiger partial charge is 0.353 e. The van der Waals surface area contributed by atoms with Crippen molar-refractivity contribution in [3.05, 3.63) is 89.5 Å². The first-order valence-corrected chi connectivity index (χ1v) is 11.1. The Bertz CT molecular complexity index is 1180. The Morgan fingerprint density at radius 1 is 1.15 bits per heavy atom. The van der Waals surface area contributed by atoms with E-state index < -0.39 is 11.7 Å². The van der Waals surface area contributed by atoms with E-state index in [0.717, 1.165) is 42.9 Å². The third-order valence-corrected chi connectivity index (χ3v) is 5.81. The van der Waals surface area contributed by atoms with Crippen LogP contribution in [0.1, 0.15) is 46.9 Å². The van der Waals surface area contributed by atoms with Gasteiger partial charge in [0.1, 0.15) is 11.5 Å². The first kappa shape index (κ1) is 22.5. The highest BCUT2D eigenvalue weighted by molar-refractivity contribution is 6.06. The maximum Gasteiger partial charge on any atom is 0.258 e. The van der Waals surface area contributed by atoms with Crippen molar-refractivity contribution in [2.75, 3.05) is 23.7 Å². The first-order valence-electron chi connectivity index (χ1n) is 11.1. The smallest absolute Gasteiger partial charge is 0.258 e. The SMILES string of the molecule is C=Cc1ccccc1N/C(=C/C)c1[nH]ncc1NC(=O)c1cccc(CN2CCCC2)c1F. The molecular formula is C26H28FN5O. The van der Waals surface area contributed by atoms with Gasteiger partial charge in [-0.25, -0.2) is 4.39 Å². The number of carbonyl (C=O) groups is 1. The fourth-order valence-corrected chi connectivity index (χ4v) is 4.05. The van der Waals surface area contributed by atoms with Gasteiger partial charge in [-0.15, -0.1) is 0 Å². The number of likely N-dealkylation sites (tertiary alicyclic amines) is 1. The number of hydrogen-bond donors (Lipinski definition) is 3. The van der Waals surface area contributed by atoms with Gasteiger partial charge >= 0.3 is 0 Å². The van der Waals surface area contributed by atoms with Crippen LogP contribution in [0, 0.1) is 5.82 Å². The van der Waals surface area contributed by atoms with Crippen molar-refractivity contribution < 1.29 is 9.18 Å². The predicted octanol–water partition coefficient (Wildman–Crippen LogP) is 5.51. The van der Waals surface area contributed by atoms with Crippen molar-refractivity contribution in [1.29, 1.82) is 0 Å². The Balaban J connectivity index is 1.53. The second-order valence-corrected chi connectivity index (χ2v) is 7.99. The van der Waals surface area contributed by atoms with Crippen LogP contribution < -0.4 is 10.6 Å².